The second-order valence-corrected chi connectivity index (χ2v) is 7.74. The number of methoxy groups -OCH3 is 2. The third-order valence-electron chi connectivity index (χ3n) is 3.90. The quantitative estimate of drug-likeness (QED) is 0.748. The zero-order valence-electron chi connectivity index (χ0n) is 14.6. The van der Waals surface area contributed by atoms with Gasteiger partial charge in [0.1, 0.15) is 17.1 Å². The van der Waals surface area contributed by atoms with E-state index >= 15 is 0 Å². The van der Waals surface area contributed by atoms with Crippen LogP contribution in [0.15, 0.2) is 18.2 Å². The topological polar surface area (TPSA) is 94.2 Å². The Morgan fingerprint density at radius 2 is 1.96 bits per heavy atom. The summed E-state index contributed by atoms with van der Waals surface area (Å²) in [6, 6.07) is 4.99. The van der Waals surface area contributed by atoms with E-state index in [0.717, 1.165) is 0 Å². The van der Waals surface area contributed by atoms with Gasteiger partial charge in [0, 0.05) is 19.6 Å². The Labute approximate surface area is 148 Å². The molecule has 1 atom stereocenters. The summed E-state index contributed by atoms with van der Waals surface area (Å²) in [5, 5.41) is 2.62. The van der Waals surface area contributed by atoms with Gasteiger partial charge in [0.2, 0.25) is 10.0 Å². The summed E-state index contributed by atoms with van der Waals surface area (Å²) in [4.78, 5) is 12.4. The average Bonchev–Trinajstić information content (AvgIpc) is 2.60. The molecule has 0 spiro atoms. The maximum Gasteiger partial charge on any atom is 0.258 e. The Bertz CT molecular complexity index is 684. The Morgan fingerprint density at radius 3 is 2.52 bits per heavy atom. The number of rotatable bonds is 7. The molecule has 2 rings (SSSR count). The van der Waals surface area contributed by atoms with E-state index in [4.69, 9.17) is 14.2 Å². The van der Waals surface area contributed by atoms with Crippen molar-refractivity contribution in [3.8, 4) is 11.5 Å². The van der Waals surface area contributed by atoms with Crippen LogP contribution < -0.4 is 14.8 Å². The molecule has 1 unspecified atom stereocenters. The van der Waals surface area contributed by atoms with Crippen molar-refractivity contribution in [1.82, 2.24) is 9.62 Å². The van der Waals surface area contributed by atoms with Gasteiger partial charge in [0.15, 0.2) is 0 Å². The predicted octanol–water partition coefficient (Wildman–Crippen LogP) is 0.484. The zero-order valence-corrected chi connectivity index (χ0v) is 15.5. The van der Waals surface area contributed by atoms with Crippen LogP contribution in [0.2, 0.25) is 0 Å². The lowest BCUT2D eigenvalue weighted by atomic mass is 10.1. The Balaban J connectivity index is 1.99. The minimum atomic E-state index is -3.45. The molecule has 1 aliphatic rings. The summed E-state index contributed by atoms with van der Waals surface area (Å²) in [7, 11) is -0.541. The Morgan fingerprint density at radius 1 is 1.32 bits per heavy atom. The molecule has 0 saturated carbocycles. The van der Waals surface area contributed by atoms with E-state index in [1.807, 2.05) is 6.92 Å². The van der Waals surface area contributed by atoms with Gasteiger partial charge < -0.3 is 19.5 Å². The van der Waals surface area contributed by atoms with Crippen LogP contribution in [0.4, 0.5) is 0 Å². The highest BCUT2D eigenvalue weighted by molar-refractivity contribution is 7.89. The minimum Gasteiger partial charge on any atom is -0.496 e. The number of morpholine rings is 1. The first-order valence-corrected chi connectivity index (χ1v) is 9.58. The van der Waals surface area contributed by atoms with E-state index in [1.165, 1.54) is 18.5 Å². The van der Waals surface area contributed by atoms with Crippen LogP contribution in [0.5, 0.6) is 11.5 Å². The lowest BCUT2D eigenvalue weighted by molar-refractivity contribution is 0.0102. The van der Waals surface area contributed by atoms with E-state index in [9.17, 15) is 13.2 Å². The highest BCUT2D eigenvalue weighted by Crippen LogP contribution is 2.27. The predicted molar refractivity (Wildman–Crippen MR) is 92.7 cm³/mol. The number of carbonyl (C=O) groups excluding carboxylic acids is 1. The Kier molecular flexibility index (Phi) is 6.63. The van der Waals surface area contributed by atoms with Crippen LogP contribution in [0.3, 0.4) is 0 Å². The smallest absolute Gasteiger partial charge is 0.258 e. The van der Waals surface area contributed by atoms with Crippen molar-refractivity contribution in [2.75, 3.05) is 46.2 Å². The van der Waals surface area contributed by atoms with Crippen molar-refractivity contribution < 1.29 is 27.4 Å². The van der Waals surface area contributed by atoms with Crippen LogP contribution in [-0.2, 0) is 14.8 Å². The van der Waals surface area contributed by atoms with Gasteiger partial charge in [-0.2, -0.15) is 4.31 Å². The molecule has 1 aromatic rings. The highest BCUT2D eigenvalue weighted by Gasteiger charge is 2.27. The van der Waals surface area contributed by atoms with E-state index in [-0.39, 0.29) is 24.0 Å². The molecular formula is C16H24N2O6S. The number of nitrogens with one attached hydrogen (secondary N) is 1. The maximum atomic E-state index is 12.4. The largest absolute Gasteiger partial charge is 0.496 e. The minimum absolute atomic E-state index is 0.00585. The SMILES string of the molecule is COc1cccc(OC)c1C(=O)NCCS(=O)(=O)N1CCOC(C)C1. The van der Waals surface area contributed by atoms with Gasteiger partial charge in [0.25, 0.3) is 5.91 Å². The second kappa shape index (κ2) is 8.50. The fraction of sp³-hybridized carbons (Fsp3) is 0.562. The molecular weight excluding hydrogens is 348 g/mol. The number of carbonyl (C=O) groups is 1. The number of nitrogens with zero attached hydrogens (tertiary/aromatic N) is 1. The molecule has 1 aromatic carbocycles. The van der Waals surface area contributed by atoms with Crippen molar-refractivity contribution in [3.63, 3.8) is 0 Å². The monoisotopic (exact) mass is 372 g/mol. The van der Waals surface area contributed by atoms with Gasteiger partial charge in [-0.15, -0.1) is 0 Å². The molecule has 9 heteroatoms. The standard InChI is InChI=1S/C16H24N2O6S/c1-12-11-18(8-9-24-12)25(20,21)10-7-17-16(19)15-13(22-2)5-4-6-14(15)23-3/h4-6,12H,7-11H2,1-3H3,(H,17,19). The van der Waals surface area contributed by atoms with Gasteiger partial charge in [-0.05, 0) is 19.1 Å². The van der Waals surface area contributed by atoms with Crippen molar-refractivity contribution in [2.24, 2.45) is 0 Å². The second-order valence-electron chi connectivity index (χ2n) is 5.65. The van der Waals surface area contributed by atoms with Crippen LogP contribution in [-0.4, -0.2) is 70.9 Å². The molecule has 1 N–H and O–H groups in total. The van der Waals surface area contributed by atoms with E-state index in [2.05, 4.69) is 5.32 Å². The van der Waals surface area contributed by atoms with Crippen molar-refractivity contribution in [1.29, 1.82) is 0 Å². The molecule has 140 valence electrons. The van der Waals surface area contributed by atoms with E-state index in [1.54, 1.807) is 18.2 Å². The molecule has 0 bridgehead atoms. The summed E-state index contributed by atoms with van der Waals surface area (Å²) >= 11 is 0. The molecule has 1 fully saturated rings. The number of sulfonamides is 1. The number of amides is 1. The molecule has 1 heterocycles. The first-order valence-electron chi connectivity index (χ1n) is 7.97. The number of ether oxygens (including phenoxy) is 3. The molecule has 0 aliphatic carbocycles. The summed E-state index contributed by atoms with van der Waals surface area (Å²) in [6.45, 7) is 2.87. The van der Waals surface area contributed by atoms with Crippen LogP contribution in [0, 0.1) is 0 Å². The van der Waals surface area contributed by atoms with Crippen molar-refractivity contribution >= 4 is 15.9 Å². The summed E-state index contributed by atoms with van der Waals surface area (Å²) in [6.07, 6.45) is -0.129. The number of hydrogen-bond donors (Lipinski definition) is 1. The van der Waals surface area contributed by atoms with Gasteiger partial charge in [-0.1, -0.05) is 6.07 Å². The maximum absolute atomic E-state index is 12.4. The van der Waals surface area contributed by atoms with E-state index in [0.29, 0.717) is 31.2 Å². The van der Waals surface area contributed by atoms with Gasteiger partial charge >= 0.3 is 0 Å². The molecule has 8 nitrogen and oxygen atoms in total. The third-order valence-corrected chi connectivity index (χ3v) is 5.74. The first kappa shape index (κ1) is 19.5. The van der Waals surface area contributed by atoms with Gasteiger partial charge in [-0.3, -0.25) is 4.79 Å². The third kappa shape index (κ3) is 4.83. The first-order chi connectivity index (χ1) is 11.9. The van der Waals surface area contributed by atoms with E-state index < -0.39 is 15.9 Å². The summed E-state index contributed by atoms with van der Waals surface area (Å²) in [5.74, 6) is 0.103. The fourth-order valence-electron chi connectivity index (χ4n) is 2.63. The molecule has 0 radical (unpaired) electrons. The van der Waals surface area contributed by atoms with Crippen LogP contribution in [0.1, 0.15) is 17.3 Å². The van der Waals surface area contributed by atoms with Gasteiger partial charge in [-0.25, -0.2) is 8.42 Å². The summed E-state index contributed by atoms with van der Waals surface area (Å²) < 4.78 is 41.8. The molecule has 1 aliphatic heterocycles. The lowest BCUT2D eigenvalue weighted by Gasteiger charge is -2.30. The average molecular weight is 372 g/mol. The normalized spacial score (nSPS) is 18.6. The molecule has 25 heavy (non-hydrogen) atoms. The lowest BCUT2D eigenvalue weighted by Crippen LogP contribution is -2.46. The van der Waals surface area contributed by atoms with Crippen molar-refractivity contribution in [3.05, 3.63) is 23.8 Å². The Hall–Kier alpha value is -1.84. The number of benzene rings is 1. The van der Waals surface area contributed by atoms with Crippen molar-refractivity contribution in [2.45, 2.75) is 13.0 Å². The highest BCUT2D eigenvalue weighted by atomic mass is 32.2. The zero-order chi connectivity index (χ0) is 18.4. The molecule has 1 amide bonds. The van der Waals surface area contributed by atoms with Crippen LogP contribution >= 0.6 is 0 Å². The molecule has 1 saturated heterocycles. The van der Waals surface area contributed by atoms with Gasteiger partial charge in [0.05, 0.1) is 32.7 Å². The summed E-state index contributed by atoms with van der Waals surface area (Å²) in [5.41, 5.74) is 0.241. The fourth-order valence-corrected chi connectivity index (χ4v) is 4.03. The number of hydrogen-bond acceptors (Lipinski definition) is 6. The molecule has 0 aromatic heterocycles. The van der Waals surface area contributed by atoms with Crippen LogP contribution in [0.25, 0.3) is 0 Å².